The molecule has 2 N–H and O–H groups in total. The highest BCUT2D eigenvalue weighted by Crippen LogP contribution is 2.24. The fourth-order valence-electron chi connectivity index (χ4n) is 2.58. The molecule has 0 bridgehead atoms. The first-order chi connectivity index (χ1) is 11.6. The number of aliphatic hydroxyl groups excluding tert-OH is 1. The number of hydrogen-bond acceptors (Lipinski definition) is 3. The highest BCUT2D eigenvalue weighted by atomic mass is 35.5. The van der Waals surface area contributed by atoms with E-state index in [4.69, 9.17) is 16.3 Å². The smallest absolute Gasteiger partial charge is 0.227 e. The van der Waals surface area contributed by atoms with E-state index < -0.39 is 6.10 Å². The van der Waals surface area contributed by atoms with Crippen LogP contribution in [0, 0.1) is 0 Å². The molecule has 2 atom stereocenters. The quantitative estimate of drug-likeness (QED) is 0.803. The minimum atomic E-state index is -0.837. The van der Waals surface area contributed by atoms with Crippen molar-refractivity contribution in [2.45, 2.75) is 25.4 Å². The van der Waals surface area contributed by atoms with Crippen LogP contribution in [0.2, 0.25) is 5.02 Å². The van der Waals surface area contributed by atoms with Crippen LogP contribution in [0.25, 0.3) is 0 Å². The van der Waals surface area contributed by atoms with Gasteiger partial charge in [0.05, 0.1) is 19.1 Å². The number of carbonyl (C=O) groups is 1. The Balaban J connectivity index is 2.00. The topological polar surface area (TPSA) is 58.6 Å². The molecule has 0 radical (unpaired) electrons. The molecule has 0 aliphatic rings. The van der Waals surface area contributed by atoms with E-state index in [1.807, 2.05) is 31.2 Å². The Bertz CT molecular complexity index is 673. The van der Waals surface area contributed by atoms with Gasteiger partial charge in [-0.2, -0.15) is 0 Å². The van der Waals surface area contributed by atoms with Crippen molar-refractivity contribution in [3.8, 4) is 5.75 Å². The second-order valence-electron chi connectivity index (χ2n) is 5.52. The van der Waals surface area contributed by atoms with Crippen LogP contribution < -0.4 is 10.1 Å². The zero-order valence-electron chi connectivity index (χ0n) is 13.8. The Morgan fingerprint density at radius 1 is 1.21 bits per heavy atom. The largest absolute Gasteiger partial charge is 0.497 e. The normalized spacial score (nSPS) is 13.2. The van der Waals surface area contributed by atoms with E-state index in [0.29, 0.717) is 17.0 Å². The molecule has 0 fully saturated rings. The third-order valence-electron chi connectivity index (χ3n) is 3.98. The lowest BCUT2D eigenvalue weighted by molar-refractivity contribution is -0.123. The molecular formula is C19H22ClNO3. The van der Waals surface area contributed by atoms with E-state index >= 15 is 0 Å². The lowest BCUT2D eigenvalue weighted by atomic mass is 9.95. The van der Waals surface area contributed by atoms with Gasteiger partial charge >= 0.3 is 0 Å². The average Bonchev–Trinajstić information content (AvgIpc) is 2.61. The van der Waals surface area contributed by atoms with Crippen LogP contribution in [-0.4, -0.2) is 24.7 Å². The molecule has 0 spiro atoms. The van der Waals surface area contributed by atoms with Gasteiger partial charge in [0, 0.05) is 17.1 Å². The Morgan fingerprint density at radius 2 is 1.88 bits per heavy atom. The number of ether oxygens (including phenoxy) is 1. The molecule has 0 aliphatic carbocycles. The van der Waals surface area contributed by atoms with Crippen molar-refractivity contribution in [2.24, 2.45) is 0 Å². The predicted octanol–water partition coefficient (Wildman–Crippen LogP) is 3.69. The lowest BCUT2D eigenvalue weighted by Gasteiger charge is -2.18. The molecule has 0 saturated carbocycles. The Labute approximate surface area is 147 Å². The van der Waals surface area contributed by atoms with Gasteiger partial charge < -0.3 is 15.2 Å². The number of benzene rings is 2. The summed E-state index contributed by atoms with van der Waals surface area (Å²) in [6, 6.07) is 14.5. The van der Waals surface area contributed by atoms with E-state index in [0.717, 1.165) is 11.3 Å². The van der Waals surface area contributed by atoms with Crippen LogP contribution >= 0.6 is 11.6 Å². The molecule has 0 heterocycles. The van der Waals surface area contributed by atoms with Gasteiger partial charge in [0.25, 0.3) is 0 Å². The number of halogens is 1. The molecular weight excluding hydrogens is 326 g/mol. The minimum absolute atomic E-state index is 0.117. The SMILES string of the molecule is CCC(C(=O)NCC(O)c1ccccc1Cl)c1ccc(OC)cc1. The van der Waals surface area contributed by atoms with Crippen LogP contribution in [0.1, 0.15) is 36.5 Å². The summed E-state index contributed by atoms with van der Waals surface area (Å²) in [5, 5.41) is 13.5. The third kappa shape index (κ3) is 4.49. The van der Waals surface area contributed by atoms with Gasteiger partial charge in [-0.1, -0.05) is 48.9 Å². The molecule has 4 nitrogen and oxygen atoms in total. The Morgan fingerprint density at radius 3 is 2.46 bits per heavy atom. The van der Waals surface area contributed by atoms with Gasteiger partial charge in [-0.15, -0.1) is 0 Å². The zero-order valence-corrected chi connectivity index (χ0v) is 14.6. The molecule has 24 heavy (non-hydrogen) atoms. The fourth-order valence-corrected chi connectivity index (χ4v) is 2.85. The Kier molecular flexibility index (Phi) is 6.64. The molecule has 0 saturated heterocycles. The van der Waals surface area contributed by atoms with Crippen LogP contribution in [-0.2, 0) is 4.79 Å². The summed E-state index contributed by atoms with van der Waals surface area (Å²) in [6.07, 6.45) is -0.170. The first kappa shape index (κ1) is 18.3. The van der Waals surface area contributed by atoms with E-state index in [1.54, 1.807) is 31.4 Å². The monoisotopic (exact) mass is 347 g/mol. The lowest BCUT2D eigenvalue weighted by Crippen LogP contribution is -2.32. The van der Waals surface area contributed by atoms with E-state index in [2.05, 4.69) is 5.32 Å². The predicted molar refractivity (Wildman–Crippen MR) is 95.4 cm³/mol. The second kappa shape index (κ2) is 8.71. The van der Waals surface area contributed by atoms with Gasteiger partial charge in [0.15, 0.2) is 0 Å². The van der Waals surface area contributed by atoms with Gasteiger partial charge in [0.1, 0.15) is 5.75 Å². The van der Waals surface area contributed by atoms with Crippen LogP contribution in [0.3, 0.4) is 0 Å². The van der Waals surface area contributed by atoms with E-state index in [1.165, 1.54) is 0 Å². The minimum Gasteiger partial charge on any atom is -0.497 e. The molecule has 128 valence electrons. The van der Waals surface area contributed by atoms with Crippen LogP contribution in [0.4, 0.5) is 0 Å². The highest BCUT2D eigenvalue weighted by molar-refractivity contribution is 6.31. The summed E-state index contributed by atoms with van der Waals surface area (Å²) < 4.78 is 5.14. The molecule has 0 aromatic heterocycles. The molecule has 2 unspecified atom stereocenters. The first-order valence-corrected chi connectivity index (χ1v) is 8.28. The number of carbonyl (C=O) groups excluding carboxylic acids is 1. The summed E-state index contributed by atoms with van der Waals surface area (Å²) in [7, 11) is 1.61. The van der Waals surface area contributed by atoms with E-state index in [9.17, 15) is 9.90 Å². The maximum atomic E-state index is 12.5. The van der Waals surface area contributed by atoms with Crippen molar-refractivity contribution in [2.75, 3.05) is 13.7 Å². The third-order valence-corrected chi connectivity index (χ3v) is 4.32. The summed E-state index contributed by atoms with van der Waals surface area (Å²) in [5.74, 6) is 0.367. The summed E-state index contributed by atoms with van der Waals surface area (Å²) in [5.41, 5.74) is 1.53. The first-order valence-electron chi connectivity index (χ1n) is 7.91. The highest BCUT2D eigenvalue weighted by Gasteiger charge is 2.20. The fraction of sp³-hybridized carbons (Fsp3) is 0.316. The van der Waals surface area contributed by atoms with Gasteiger partial charge in [0.2, 0.25) is 5.91 Å². The number of amides is 1. The number of methoxy groups -OCH3 is 1. The Hall–Kier alpha value is -2.04. The zero-order chi connectivity index (χ0) is 17.5. The number of hydrogen-bond donors (Lipinski definition) is 2. The average molecular weight is 348 g/mol. The maximum absolute atomic E-state index is 12.5. The van der Waals surface area contributed by atoms with Crippen molar-refractivity contribution < 1.29 is 14.6 Å². The van der Waals surface area contributed by atoms with Crippen molar-refractivity contribution in [3.63, 3.8) is 0 Å². The number of aliphatic hydroxyl groups is 1. The molecule has 5 heteroatoms. The molecule has 2 aromatic carbocycles. The van der Waals surface area contributed by atoms with Crippen molar-refractivity contribution in [3.05, 3.63) is 64.7 Å². The van der Waals surface area contributed by atoms with Crippen LogP contribution in [0.15, 0.2) is 48.5 Å². The number of nitrogens with one attached hydrogen (secondary N) is 1. The van der Waals surface area contributed by atoms with Gasteiger partial charge in [-0.25, -0.2) is 0 Å². The van der Waals surface area contributed by atoms with Crippen molar-refractivity contribution in [1.29, 1.82) is 0 Å². The number of rotatable bonds is 7. The molecule has 0 aliphatic heterocycles. The summed E-state index contributed by atoms with van der Waals surface area (Å²) in [6.45, 7) is 2.08. The maximum Gasteiger partial charge on any atom is 0.227 e. The van der Waals surface area contributed by atoms with Gasteiger partial charge in [-0.05, 0) is 30.2 Å². The summed E-state index contributed by atoms with van der Waals surface area (Å²) in [4.78, 5) is 12.5. The van der Waals surface area contributed by atoms with Crippen molar-refractivity contribution in [1.82, 2.24) is 5.32 Å². The summed E-state index contributed by atoms with van der Waals surface area (Å²) >= 11 is 6.06. The van der Waals surface area contributed by atoms with E-state index in [-0.39, 0.29) is 18.4 Å². The van der Waals surface area contributed by atoms with Gasteiger partial charge in [-0.3, -0.25) is 4.79 Å². The molecule has 2 aromatic rings. The van der Waals surface area contributed by atoms with Crippen molar-refractivity contribution >= 4 is 17.5 Å². The van der Waals surface area contributed by atoms with Crippen LogP contribution in [0.5, 0.6) is 5.75 Å². The molecule has 2 rings (SSSR count). The molecule has 1 amide bonds. The standard InChI is InChI=1S/C19H22ClNO3/c1-3-15(13-8-10-14(24-2)11-9-13)19(23)21-12-18(22)16-6-4-5-7-17(16)20/h4-11,15,18,22H,3,12H2,1-2H3,(H,21,23). The second-order valence-corrected chi connectivity index (χ2v) is 5.92.